The van der Waals surface area contributed by atoms with Gasteiger partial charge >= 0.3 is 0 Å². The molecule has 0 amide bonds. The third-order valence-corrected chi connectivity index (χ3v) is 3.48. The molecule has 0 saturated carbocycles. The van der Waals surface area contributed by atoms with Crippen molar-refractivity contribution in [1.82, 2.24) is 10.2 Å². The highest BCUT2D eigenvalue weighted by Gasteiger charge is 2.15. The van der Waals surface area contributed by atoms with E-state index in [-0.39, 0.29) is 5.78 Å². The van der Waals surface area contributed by atoms with E-state index in [0.29, 0.717) is 11.6 Å². The van der Waals surface area contributed by atoms with Crippen LogP contribution in [0.25, 0.3) is 0 Å². The fraction of sp³-hybridized carbons (Fsp3) is 0.462. The maximum absolute atomic E-state index is 12.1. The van der Waals surface area contributed by atoms with Gasteiger partial charge in [0, 0.05) is 36.8 Å². The van der Waals surface area contributed by atoms with Crippen LogP contribution in [0.2, 0.25) is 5.02 Å². The highest BCUT2D eigenvalue weighted by Crippen LogP contribution is 2.16. The zero-order chi connectivity index (χ0) is 12.3. The Morgan fingerprint density at radius 1 is 1.41 bits per heavy atom. The highest BCUT2D eigenvalue weighted by atomic mass is 35.5. The van der Waals surface area contributed by atoms with E-state index in [2.05, 4.69) is 10.2 Å². The molecule has 0 bridgehead atoms. The average molecular weight is 253 g/mol. The third-order valence-electron chi connectivity index (χ3n) is 3.06. The number of carbonyl (C=O) groups is 1. The Hall–Kier alpha value is -0.900. The topological polar surface area (TPSA) is 32.3 Å². The standard InChI is InChI=1S/C13H17ClN2O/c1-10-8-11(2-3-12(10)14)13(17)9-16-6-4-15-5-7-16/h2-3,8,15H,4-7,9H2,1H3. The Morgan fingerprint density at radius 3 is 2.76 bits per heavy atom. The van der Waals surface area contributed by atoms with Crippen molar-refractivity contribution in [3.8, 4) is 0 Å². The Bertz CT molecular complexity index is 414. The van der Waals surface area contributed by atoms with Gasteiger partial charge < -0.3 is 5.32 Å². The Morgan fingerprint density at radius 2 is 2.12 bits per heavy atom. The Labute approximate surface area is 107 Å². The molecule has 0 spiro atoms. The van der Waals surface area contributed by atoms with Crippen molar-refractivity contribution < 1.29 is 4.79 Å². The lowest BCUT2D eigenvalue weighted by Crippen LogP contribution is -2.45. The second-order valence-corrected chi connectivity index (χ2v) is 4.82. The van der Waals surface area contributed by atoms with Crippen molar-refractivity contribution in [3.63, 3.8) is 0 Å². The SMILES string of the molecule is Cc1cc(C(=O)CN2CCNCC2)ccc1Cl. The quantitative estimate of drug-likeness (QED) is 0.832. The molecule has 1 fully saturated rings. The molecule has 0 unspecified atom stereocenters. The Kier molecular flexibility index (Phi) is 4.15. The minimum atomic E-state index is 0.173. The summed E-state index contributed by atoms with van der Waals surface area (Å²) in [6, 6.07) is 5.47. The fourth-order valence-electron chi connectivity index (χ4n) is 1.98. The number of piperazine rings is 1. The van der Waals surface area contributed by atoms with Crippen molar-refractivity contribution in [2.45, 2.75) is 6.92 Å². The van der Waals surface area contributed by atoms with Crippen LogP contribution in [0.4, 0.5) is 0 Å². The highest BCUT2D eigenvalue weighted by molar-refractivity contribution is 6.31. The van der Waals surface area contributed by atoms with Crippen LogP contribution >= 0.6 is 11.6 Å². The normalized spacial score (nSPS) is 17.1. The maximum atomic E-state index is 12.1. The second-order valence-electron chi connectivity index (χ2n) is 4.41. The lowest BCUT2D eigenvalue weighted by molar-refractivity contribution is 0.0921. The van der Waals surface area contributed by atoms with Gasteiger partial charge in [-0.15, -0.1) is 0 Å². The van der Waals surface area contributed by atoms with Gasteiger partial charge in [0.25, 0.3) is 0 Å². The van der Waals surface area contributed by atoms with E-state index in [1.807, 2.05) is 13.0 Å². The van der Waals surface area contributed by atoms with Crippen LogP contribution in [0.3, 0.4) is 0 Å². The van der Waals surface area contributed by atoms with Crippen molar-refractivity contribution in [2.24, 2.45) is 0 Å². The molecular formula is C13H17ClN2O. The van der Waals surface area contributed by atoms with Crippen molar-refractivity contribution in [2.75, 3.05) is 32.7 Å². The summed E-state index contributed by atoms with van der Waals surface area (Å²) >= 11 is 5.95. The number of ketones is 1. The monoisotopic (exact) mass is 252 g/mol. The van der Waals surface area contributed by atoms with Gasteiger partial charge in [0.2, 0.25) is 0 Å². The van der Waals surface area contributed by atoms with E-state index in [1.165, 1.54) is 0 Å². The molecule has 1 aromatic rings. The van der Waals surface area contributed by atoms with E-state index in [4.69, 9.17) is 11.6 Å². The number of Topliss-reactive ketones (excluding diaryl/α,β-unsaturated/α-hetero) is 1. The van der Waals surface area contributed by atoms with Gasteiger partial charge in [-0.2, -0.15) is 0 Å². The summed E-state index contributed by atoms with van der Waals surface area (Å²) in [5.74, 6) is 0.173. The fourth-order valence-corrected chi connectivity index (χ4v) is 2.10. The lowest BCUT2D eigenvalue weighted by Gasteiger charge is -2.26. The number of halogens is 1. The summed E-state index contributed by atoms with van der Waals surface area (Å²) in [6.07, 6.45) is 0. The molecule has 0 radical (unpaired) electrons. The number of benzene rings is 1. The van der Waals surface area contributed by atoms with E-state index >= 15 is 0 Å². The molecule has 0 aliphatic carbocycles. The van der Waals surface area contributed by atoms with E-state index < -0.39 is 0 Å². The molecular weight excluding hydrogens is 236 g/mol. The molecule has 0 aromatic heterocycles. The first-order chi connectivity index (χ1) is 8.16. The first kappa shape index (κ1) is 12.6. The van der Waals surface area contributed by atoms with Crippen LogP contribution in [0, 0.1) is 6.92 Å². The van der Waals surface area contributed by atoms with Gasteiger partial charge in [0.1, 0.15) is 0 Å². The van der Waals surface area contributed by atoms with Gasteiger partial charge in [0.15, 0.2) is 5.78 Å². The number of aryl methyl sites for hydroxylation is 1. The summed E-state index contributed by atoms with van der Waals surface area (Å²) in [5, 5.41) is 3.99. The molecule has 1 aliphatic heterocycles. The van der Waals surface area contributed by atoms with Gasteiger partial charge in [-0.1, -0.05) is 11.6 Å². The van der Waals surface area contributed by atoms with Crippen LogP contribution < -0.4 is 5.32 Å². The summed E-state index contributed by atoms with van der Waals surface area (Å²) < 4.78 is 0. The number of nitrogens with one attached hydrogen (secondary N) is 1. The number of nitrogens with zero attached hydrogens (tertiary/aromatic N) is 1. The molecule has 1 N–H and O–H groups in total. The molecule has 4 heteroatoms. The average Bonchev–Trinajstić information content (AvgIpc) is 2.34. The third kappa shape index (κ3) is 3.28. The predicted octanol–water partition coefficient (Wildman–Crippen LogP) is 1.74. The van der Waals surface area contributed by atoms with Gasteiger partial charge in [-0.25, -0.2) is 0 Å². The van der Waals surface area contributed by atoms with Crippen LogP contribution in [0.5, 0.6) is 0 Å². The van der Waals surface area contributed by atoms with Crippen LogP contribution in [0.1, 0.15) is 15.9 Å². The molecule has 92 valence electrons. The van der Waals surface area contributed by atoms with Crippen molar-refractivity contribution >= 4 is 17.4 Å². The number of hydrogen-bond donors (Lipinski definition) is 1. The number of rotatable bonds is 3. The van der Waals surface area contributed by atoms with Gasteiger partial charge in [-0.05, 0) is 30.7 Å². The molecule has 2 rings (SSSR count). The number of hydrogen-bond acceptors (Lipinski definition) is 3. The van der Waals surface area contributed by atoms with E-state index in [0.717, 1.165) is 37.3 Å². The Balaban J connectivity index is 2.01. The first-order valence-corrected chi connectivity index (χ1v) is 6.27. The van der Waals surface area contributed by atoms with E-state index in [1.54, 1.807) is 12.1 Å². The smallest absolute Gasteiger partial charge is 0.176 e. The largest absolute Gasteiger partial charge is 0.314 e. The van der Waals surface area contributed by atoms with Crippen LogP contribution in [0.15, 0.2) is 18.2 Å². The minimum Gasteiger partial charge on any atom is -0.314 e. The zero-order valence-electron chi connectivity index (χ0n) is 10.0. The molecule has 17 heavy (non-hydrogen) atoms. The molecule has 3 nitrogen and oxygen atoms in total. The number of carbonyl (C=O) groups excluding carboxylic acids is 1. The predicted molar refractivity (Wildman–Crippen MR) is 69.8 cm³/mol. The summed E-state index contributed by atoms with van der Waals surface area (Å²) in [4.78, 5) is 14.3. The van der Waals surface area contributed by atoms with Crippen LogP contribution in [-0.4, -0.2) is 43.4 Å². The molecule has 1 heterocycles. The van der Waals surface area contributed by atoms with Gasteiger partial charge in [-0.3, -0.25) is 9.69 Å². The molecule has 1 saturated heterocycles. The summed E-state index contributed by atoms with van der Waals surface area (Å²) in [5.41, 5.74) is 1.71. The maximum Gasteiger partial charge on any atom is 0.176 e. The lowest BCUT2D eigenvalue weighted by atomic mass is 10.1. The van der Waals surface area contributed by atoms with Crippen molar-refractivity contribution in [3.05, 3.63) is 34.3 Å². The van der Waals surface area contributed by atoms with E-state index in [9.17, 15) is 4.79 Å². The first-order valence-electron chi connectivity index (χ1n) is 5.89. The molecule has 1 aromatic carbocycles. The molecule has 0 atom stereocenters. The zero-order valence-corrected chi connectivity index (χ0v) is 10.8. The second kappa shape index (κ2) is 5.63. The molecule has 1 aliphatic rings. The van der Waals surface area contributed by atoms with Crippen LogP contribution in [-0.2, 0) is 0 Å². The summed E-state index contributed by atoms with van der Waals surface area (Å²) in [6.45, 7) is 6.24. The van der Waals surface area contributed by atoms with Gasteiger partial charge in [0.05, 0.1) is 6.54 Å². The van der Waals surface area contributed by atoms with Crippen molar-refractivity contribution in [1.29, 1.82) is 0 Å². The summed E-state index contributed by atoms with van der Waals surface area (Å²) in [7, 11) is 0. The minimum absolute atomic E-state index is 0.173.